The van der Waals surface area contributed by atoms with Crippen molar-refractivity contribution in [1.82, 2.24) is 14.1 Å². The zero-order chi connectivity index (χ0) is 27.6. The number of anilines is 1. The van der Waals surface area contributed by atoms with Gasteiger partial charge >= 0.3 is 0 Å². The highest BCUT2D eigenvalue weighted by molar-refractivity contribution is 7.89. The van der Waals surface area contributed by atoms with Crippen LogP contribution in [0.2, 0.25) is 0 Å². The van der Waals surface area contributed by atoms with Crippen LogP contribution in [-0.4, -0.2) is 35.0 Å². The molecule has 0 saturated carbocycles. The van der Waals surface area contributed by atoms with Gasteiger partial charge in [0.1, 0.15) is 5.82 Å². The van der Waals surface area contributed by atoms with Gasteiger partial charge in [0.2, 0.25) is 10.0 Å². The number of para-hydroxylation sites is 1. The molecule has 1 aromatic heterocycles. The molecule has 202 valence electrons. The molecule has 0 fully saturated rings. The number of benzene rings is 3. The smallest absolute Gasteiger partial charge is 0.258 e. The maximum absolute atomic E-state index is 13.6. The van der Waals surface area contributed by atoms with Gasteiger partial charge in [0.05, 0.1) is 17.1 Å². The molecule has 2 heterocycles. The minimum Gasteiger partial charge on any atom is -0.302 e. The number of carbonyl (C=O) groups is 1. The Morgan fingerprint density at radius 1 is 1.00 bits per heavy atom. The van der Waals surface area contributed by atoms with Crippen LogP contribution in [0.3, 0.4) is 0 Å². The van der Waals surface area contributed by atoms with Crippen LogP contribution in [0.4, 0.5) is 10.1 Å². The van der Waals surface area contributed by atoms with Crippen molar-refractivity contribution in [2.75, 3.05) is 11.4 Å². The molecule has 0 N–H and O–H groups in total. The molecular formula is C30H31FN4O3S. The SMILES string of the molecule is CCCc1ccc(S(=O)(=O)N2CCc3c(c(CN(C(=O)c4ccc(F)cc4)c4ccccc4)nn3C)C2)cc1. The van der Waals surface area contributed by atoms with Gasteiger partial charge in [-0.05, 0) is 60.5 Å². The van der Waals surface area contributed by atoms with E-state index in [1.54, 1.807) is 21.7 Å². The lowest BCUT2D eigenvalue weighted by Gasteiger charge is -2.28. The minimum atomic E-state index is -3.71. The number of halogens is 1. The van der Waals surface area contributed by atoms with Crippen molar-refractivity contribution in [3.8, 4) is 0 Å². The maximum atomic E-state index is 13.6. The van der Waals surface area contributed by atoms with E-state index in [1.807, 2.05) is 49.5 Å². The number of amides is 1. The number of fused-ring (bicyclic) bond motifs is 1. The van der Waals surface area contributed by atoms with Gasteiger partial charge in [-0.25, -0.2) is 12.8 Å². The summed E-state index contributed by atoms with van der Waals surface area (Å²) in [4.78, 5) is 15.4. The first kappa shape index (κ1) is 26.8. The average molecular weight is 547 g/mol. The molecule has 0 aliphatic carbocycles. The van der Waals surface area contributed by atoms with Crippen LogP contribution in [0, 0.1) is 5.82 Å². The summed E-state index contributed by atoms with van der Waals surface area (Å²) in [6.45, 7) is 2.75. The number of carbonyl (C=O) groups excluding carboxylic acids is 1. The van der Waals surface area contributed by atoms with E-state index in [2.05, 4.69) is 6.92 Å². The minimum absolute atomic E-state index is 0.142. The van der Waals surface area contributed by atoms with Crippen LogP contribution in [0.25, 0.3) is 0 Å². The van der Waals surface area contributed by atoms with E-state index in [4.69, 9.17) is 5.10 Å². The van der Waals surface area contributed by atoms with Crippen molar-refractivity contribution in [1.29, 1.82) is 0 Å². The second-order valence-electron chi connectivity index (χ2n) is 9.71. The summed E-state index contributed by atoms with van der Waals surface area (Å²) in [6.07, 6.45) is 2.42. The molecule has 0 radical (unpaired) electrons. The lowest BCUT2D eigenvalue weighted by molar-refractivity contribution is 0.0984. The molecule has 4 aromatic rings. The lowest BCUT2D eigenvalue weighted by atomic mass is 10.1. The zero-order valence-corrected chi connectivity index (χ0v) is 22.9. The first-order chi connectivity index (χ1) is 18.8. The van der Waals surface area contributed by atoms with Crippen LogP contribution in [0.5, 0.6) is 0 Å². The molecule has 1 aliphatic heterocycles. The fraction of sp³-hybridized carbons (Fsp3) is 0.267. The molecule has 1 amide bonds. The second-order valence-corrected chi connectivity index (χ2v) is 11.6. The average Bonchev–Trinajstić information content (AvgIpc) is 3.27. The van der Waals surface area contributed by atoms with Crippen LogP contribution in [0.15, 0.2) is 83.8 Å². The molecule has 0 atom stereocenters. The Morgan fingerprint density at radius 3 is 2.36 bits per heavy atom. The fourth-order valence-electron chi connectivity index (χ4n) is 5.03. The largest absolute Gasteiger partial charge is 0.302 e. The molecule has 0 bridgehead atoms. The molecule has 0 unspecified atom stereocenters. The molecule has 0 spiro atoms. The van der Waals surface area contributed by atoms with Gasteiger partial charge in [-0.1, -0.05) is 43.7 Å². The third-order valence-corrected chi connectivity index (χ3v) is 8.96. The number of hydrogen-bond acceptors (Lipinski definition) is 4. The van der Waals surface area contributed by atoms with Gasteiger partial charge < -0.3 is 4.90 Å². The van der Waals surface area contributed by atoms with Crippen LogP contribution < -0.4 is 4.90 Å². The topological polar surface area (TPSA) is 75.5 Å². The number of aryl methyl sites for hydroxylation is 2. The lowest BCUT2D eigenvalue weighted by Crippen LogP contribution is -2.37. The maximum Gasteiger partial charge on any atom is 0.258 e. The number of nitrogens with zero attached hydrogens (tertiary/aromatic N) is 4. The number of sulfonamides is 1. The van der Waals surface area contributed by atoms with Gasteiger partial charge in [0.15, 0.2) is 0 Å². The predicted octanol–water partition coefficient (Wildman–Crippen LogP) is 5.11. The molecule has 0 saturated heterocycles. The Morgan fingerprint density at radius 2 is 1.69 bits per heavy atom. The summed E-state index contributed by atoms with van der Waals surface area (Å²) in [5.74, 6) is -0.717. The first-order valence-electron chi connectivity index (χ1n) is 13.0. The number of rotatable bonds is 8. The van der Waals surface area contributed by atoms with Crippen LogP contribution in [0.1, 0.15) is 46.2 Å². The third-order valence-electron chi connectivity index (χ3n) is 7.10. The molecule has 1 aliphatic rings. The standard InChI is InChI=1S/C30H31FN4O3S/c1-3-7-22-10-16-26(17-11-22)39(37,38)34-19-18-29-27(20-34)28(32-33(29)2)21-35(25-8-5-4-6-9-25)30(36)23-12-14-24(31)15-13-23/h4-6,8-17H,3,7,18-21H2,1-2H3. The summed E-state index contributed by atoms with van der Waals surface area (Å²) in [7, 11) is -1.87. The Bertz CT molecular complexity index is 1570. The summed E-state index contributed by atoms with van der Waals surface area (Å²) in [5.41, 5.74) is 4.52. The van der Waals surface area contributed by atoms with Gasteiger partial charge in [-0.15, -0.1) is 0 Å². The molecule has 5 rings (SSSR count). The molecule has 7 nitrogen and oxygen atoms in total. The molecule has 9 heteroatoms. The van der Waals surface area contributed by atoms with E-state index in [9.17, 15) is 17.6 Å². The Kier molecular flexibility index (Phi) is 7.63. The van der Waals surface area contributed by atoms with Crippen molar-refractivity contribution in [2.24, 2.45) is 7.05 Å². The Balaban J connectivity index is 1.46. The zero-order valence-electron chi connectivity index (χ0n) is 22.0. The summed E-state index contributed by atoms with van der Waals surface area (Å²) in [6, 6.07) is 21.8. The number of aromatic nitrogens is 2. The van der Waals surface area contributed by atoms with E-state index in [0.717, 1.165) is 29.7 Å². The van der Waals surface area contributed by atoms with Gasteiger partial charge in [-0.2, -0.15) is 9.40 Å². The van der Waals surface area contributed by atoms with Crippen molar-refractivity contribution in [3.05, 3.63) is 113 Å². The highest BCUT2D eigenvalue weighted by Gasteiger charge is 2.33. The van der Waals surface area contributed by atoms with Crippen LogP contribution in [-0.2, 0) is 43.0 Å². The van der Waals surface area contributed by atoms with Crippen molar-refractivity contribution < 1.29 is 17.6 Å². The Labute approximate surface area is 228 Å². The van der Waals surface area contributed by atoms with Crippen molar-refractivity contribution in [3.63, 3.8) is 0 Å². The van der Waals surface area contributed by atoms with Crippen molar-refractivity contribution >= 4 is 21.6 Å². The number of hydrogen-bond donors (Lipinski definition) is 0. The van der Waals surface area contributed by atoms with Gasteiger partial charge in [0.25, 0.3) is 5.91 Å². The molecule has 3 aromatic carbocycles. The normalized spacial score (nSPS) is 13.7. The second kappa shape index (κ2) is 11.1. The third kappa shape index (κ3) is 5.51. The van der Waals surface area contributed by atoms with E-state index in [0.29, 0.717) is 29.9 Å². The fourth-order valence-corrected chi connectivity index (χ4v) is 6.44. The summed E-state index contributed by atoms with van der Waals surface area (Å²) in [5, 5.41) is 4.71. The first-order valence-corrected chi connectivity index (χ1v) is 14.5. The molecule has 39 heavy (non-hydrogen) atoms. The van der Waals surface area contributed by atoms with Crippen LogP contribution >= 0.6 is 0 Å². The van der Waals surface area contributed by atoms with E-state index < -0.39 is 15.8 Å². The Hall–Kier alpha value is -3.82. The van der Waals surface area contributed by atoms with Gasteiger partial charge in [0, 0.05) is 49.1 Å². The van der Waals surface area contributed by atoms with Crippen molar-refractivity contribution in [2.45, 2.75) is 44.2 Å². The van der Waals surface area contributed by atoms with E-state index in [1.165, 1.54) is 28.6 Å². The quantitative estimate of drug-likeness (QED) is 0.308. The monoisotopic (exact) mass is 546 g/mol. The summed E-state index contributed by atoms with van der Waals surface area (Å²) >= 11 is 0. The highest BCUT2D eigenvalue weighted by Crippen LogP contribution is 2.29. The predicted molar refractivity (Wildman–Crippen MR) is 148 cm³/mol. The molecular weight excluding hydrogens is 515 g/mol. The summed E-state index contributed by atoms with van der Waals surface area (Å²) < 4.78 is 43.9. The van der Waals surface area contributed by atoms with E-state index in [-0.39, 0.29) is 23.9 Å². The van der Waals surface area contributed by atoms with Gasteiger partial charge in [-0.3, -0.25) is 9.48 Å². The highest BCUT2D eigenvalue weighted by atomic mass is 32.2. The van der Waals surface area contributed by atoms with E-state index >= 15 is 0 Å².